The molecule has 0 unspecified atom stereocenters. The molecule has 0 bridgehead atoms. The Morgan fingerprint density at radius 3 is 2.73 bits per heavy atom. The highest BCUT2D eigenvalue weighted by atomic mass is 16.5. The Morgan fingerprint density at radius 2 is 2.07 bits per heavy atom. The van der Waals surface area contributed by atoms with Gasteiger partial charge in [-0.1, -0.05) is 19.4 Å². The van der Waals surface area contributed by atoms with Crippen molar-refractivity contribution in [2.45, 2.75) is 33.1 Å². The minimum absolute atomic E-state index is 0.165. The molecule has 4 nitrogen and oxygen atoms in total. The third-order valence-corrected chi connectivity index (χ3v) is 1.77. The Balaban J connectivity index is 3.13. The van der Waals surface area contributed by atoms with Gasteiger partial charge < -0.3 is 15.4 Å². The van der Waals surface area contributed by atoms with Gasteiger partial charge in [0.15, 0.2) is 0 Å². The summed E-state index contributed by atoms with van der Waals surface area (Å²) >= 11 is 0. The van der Waals surface area contributed by atoms with Gasteiger partial charge in [0, 0.05) is 26.0 Å². The van der Waals surface area contributed by atoms with E-state index in [1.165, 1.54) is 0 Å². The molecule has 0 rings (SSSR count). The van der Waals surface area contributed by atoms with Gasteiger partial charge in [-0.2, -0.15) is 0 Å². The Kier molecular flexibility index (Phi) is 10.3. The highest BCUT2D eigenvalue weighted by Gasteiger charge is 1.95. The molecule has 0 aromatic carbocycles. The van der Waals surface area contributed by atoms with Crippen molar-refractivity contribution in [1.82, 2.24) is 10.6 Å². The number of amides is 2. The zero-order valence-electron chi connectivity index (χ0n) is 9.71. The van der Waals surface area contributed by atoms with Crippen LogP contribution < -0.4 is 10.6 Å². The normalized spacial score (nSPS) is 10.5. The van der Waals surface area contributed by atoms with Crippen LogP contribution >= 0.6 is 0 Å². The number of hydrogen-bond acceptors (Lipinski definition) is 2. The highest BCUT2D eigenvalue weighted by Crippen LogP contribution is 1.88. The molecule has 15 heavy (non-hydrogen) atoms. The maximum absolute atomic E-state index is 11.0. The van der Waals surface area contributed by atoms with Crippen molar-refractivity contribution in [3.63, 3.8) is 0 Å². The first-order valence-electron chi connectivity index (χ1n) is 5.54. The Hall–Kier alpha value is -1.03. The van der Waals surface area contributed by atoms with Crippen LogP contribution in [0.4, 0.5) is 4.79 Å². The van der Waals surface area contributed by atoms with Gasteiger partial charge >= 0.3 is 6.03 Å². The molecule has 0 saturated carbocycles. The molecule has 0 aromatic heterocycles. The summed E-state index contributed by atoms with van der Waals surface area (Å²) in [5, 5.41) is 5.30. The third-order valence-electron chi connectivity index (χ3n) is 1.77. The molecule has 0 fully saturated rings. The maximum Gasteiger partial charge on any atom is 0.318 e. The summed E-state index contributed by atoms with van der Waals surface area (Å²) in [6.45, 7) is 6.17. The molecule has 2 N–H and O–H groups in total. The minimum Gasteiger partial charge on any atom is -0.381 e. The lowest BCUT2D eigenvalue weighted by Gasteiger charge is -2.05. The molecule has 0 heterocycles. The fourth-order valence-electron chi connectivity index (χ4n) is 0.935. The van der Waals surface area contributed by atoms with Crippen molar-refractivity contribution in [2.75, 3.05) is 19.8 Å². The number of hydrogen-bond donors (Lipinski definition) is 2. The summed E-state index contributed by atoms with van der Waals surface area (Å²) in [4.78, 5) is 11.0. The van der Waals surface area contributed by atoms with Crippen molar-refractivity contribution < 1.29 is 9.53 Å². The lowest BCUT2D eigenvalue weighted by Crippen LogP contribution is -2.33. The molecule has 4 heteroatoms. The topological polar surface area (TPSA) is 50.4 Å². The summed E-state index contributed by atoms with van der Waals surface area (Å²) in [6.07, 6.45) is 6.49. The van der Waals surface area contributed by atoms with Crippen molar-refractivity contribution in [2.24, 2.45) is 0 Å². The summed E-state index contributed by atoms with van der Waals surface area (Å²) in [6, 6.07) is -0.165. The summed E-state index contributed by atoms with van der Waals surface area (Å²) in [7, 11) is 0. The van der Waals surface area contributed by atoms with Crippen LogP contribution in [0.1, 0.15) is 33.1 Å². The average Bonchev–Trinajstić information content (AvgIpc) is 2.25. The Labute approximate surface area is 92.1 Å². The van der Waals surface area contributed by atoms with Crippen LogP contribution in [0.25, 0.3) is 0 Å². The number of nitrogens with one attached hydrogen (secondary N) is 2. The summed E-state index contributed by atoms with van der Waals surface area (Å²) in [5.74, 6) is 0. The lowest BCUT2D eigenvalue weighted by atomic mass is 10.4. The first kappa shape index (κ1) is 14.0. The molecular weight excluding hydrogens is 192 g/mol. The molecular formula is C11H22N2O2. The second-order valence-corrected chi connectivity index (χ2v) is 3.22. The van der Waals surface area contributed by atoms with E-state index in [1.807, 2.05) is 6.92 Å². The molecule has 0 atom stereocenters. The molecule has 0 aliphatic heterocycles. The zero-order chi connectivity index (χ0) is 11.4. The van der Waals surface area contributed by atoms with E-state index in [2.05, 4.69) is 17.6 Å². The van der Waals surface area contributed by atoms with Gasteiger partial charge in [0.1, 0.15) is 0 Å². The Bertz CT molecular complexity index is 181. The van der Waals surface area contributed by atoms with Gasteiger partial charge in [-0.3, -0.25) is 0 Å². The molecule has 0 aliphatic carbocycles. The van der Waals surface area contributed by atoms with Gasteiger partial charge in [-0.25, -0.2) is 4.79 Å². The van der Waals surface area contributed by atoms with E-state index in [4.69, 9.17) is 4.74 Å². The number of allylic oxidation sites excluding steroid dienone is 1. The van der Waals surface area contributed by atoms with E-state index in [-0.39, 0.29) is 6.03 Å². The third kappa shape index (κ3) is 10.9. The molecule has 0 saturated heterocycles. The average molecular weight is 214 g/mol. The van der Waals surface area contributed by atoms with Crippen LogP contribution in [0.2, 0.25) is 0 Å². The maximum atomic E-state index is 11.0. The number of carbonyl (C=O) groups is 1. The van der Waals surface area contributed by atoms with Crippen molar-refractivity contribution >= 4 is 6.03 Å². The van der Waals surface area contributed by atoms with E-state index >= 15 is 0 Å². The monoisotopic (exact) mass is 214 g/mol. The fraction of sp³-hybridized carbons (Fsp3) is 0.727. The van der Waals surface area contributed by atoms with Gasteiger partial charge in [0.2, 0.25) is 0 Å². The van der Waals surface area contributed by atoms with E-state index in [0.29, 0.717) is 13.2 Å². The van der Waals surface area contributed by atoms with Crippen molar-refractivity contribution in [3.05, 3.63) is 12.3 Å². The standard InChI is InChI=1S/C11H22N2O2/c1-3-5-9-15-10-6-8-13-11(14)12-7-4-2/h4,7H,3,5-6,8-10H2,1-2H3,(H2,12,13,14)/b7-4+. The zero-order valence-corrected chi connectivity index (χ0v) is 9.71. The summed E-state index contributed by atoms with van der Waals surface area (Å²) in [5.41, 5.74) is 0. The molecule has 88 valence electrons. The quantitative estimate of drug-likeness (QED) is 0.607. The van der Waals surface area contributed by atoms with Crippen LogP contribution in [0.15, 0.2) is 12.3 Å². The molecule has 2 amide bonds. The first-order valence-corrected chi connectivity index (χ1v) is 5.54. The number of urea groups is 1. The van der Waals surface area contributed by atoms with E-state index < -0.39 is 0 Å². The van der Waals surface area contributed by atoms with Gasteiger partial charge in [-0.05, 0) is 19.8 Å². The summed E-state index contributed by atoms with van der Waals surface area (Å²) < 4.78 is 5.35. The van der Waals surface area contributed by atoms with Gasteiger partial charge in [-0.15, -0.1) is 0 Å². The highest BCUT2D eigenvalue weighted by molar-refractivity contribution is 5.74. The fourth-order valence-corrected chi connectivity index (χ4v) is 0.935. The SMILES string of the molecule is C/C=C/NC(=O)NCCCOCCCC. The minimum atomic E-state index is -0.165. The van der Waals surface area contributed by atoms with Crippen LogP contribution in [0.5, 0.6) is 0 Å². The van der Waals surface area contributed by atoms with Crippen molar-refractivity contribution in [3.8, 4) is 0 Å². The lowest BCUT2D eigenvalue weighted by molar-refractivity contribution is 0.129. The van der Waals surface area contributed by atoms with E-state index in [1.54, 1.807) is 12.3 Å². The second-order valence-electron chi connectivity index (χ2n) is 3.22. The predicted molar refractivity (Wildman–Crippen MR) is 61.7 cm³/mol. The van der Waals surface area contributed by atoms with Crippen molar-refractivity contribution in [1.29, 1.82) is 0 Å². The number of carbonyl (C=O) groups excluding carboxylic acids is 1. The smallest absolute Gasteiger partial charge is 0.318 e. The molecule has 0 aliphatic rings. The molecule has 0 spiro atoms. The van der Waals surface area contributed by atoms with Crippen LogP contribution in [0, 0.1) is 0 Å². The van der Waals surface area contributed by atoms with Gasteiger partial charge in [0.25, 0.3) is 0 Å². The molecule has 0 radical (unpaired) electrons. The predicted octanol–water partition coefficient (Wildman–Crippen LogP) is 2.03. The first-order chi connectivity index (χ1) is 7.31. The van der Waals surface area contributed by atoms with Crippen LogP contribution in [0.3, 0.4) is 0 Å². The number of rotatable bonds is 8. The Morgan fingerprint density at radius 1 is 1.33 bits per heavy atom. The largest absolute Gasteiger partial charge is 0.381 e. The van der Waals surface area contributed by atoms with Crippen LogP contribution in [-0.2, 0) is 4.74 Å². The number of unbranched alkanes of at least 4 members (excludes halogenated alkanes) is 1. The molecule has 0 aromatic rings. The van der Waals surface area contributed by atoms with E-state index in [0.717, 1.165) is 25.9 Å². The van der Waals surface area contributed by atoms with Gasteiger partial charge in [0.05, 0.1) is 0 Å². The van der Waals surface area contributed by atoms with Crippen LogP contribution in [-0.4, -0.2) is 25.8 Å². The second kappa shape index (κ2) is 11.0. The van der Waals surface area contributed by atoms with E-state index in [9.17, 15) is 4.79 Å². The number of ether oxygens (including phenoxy) is 1.